The van der Waals surface area contributed by atoms with Gasteiger partial charge >= 0.3 is 0 Å². The largest absolute Gasteiger partial charge is 0.508 e. The molecular formula is C8H10BrNO. The molecule has 0 aromatic heterocycles. The fraction of sp³-hybridized carbons (Fsp3) is 0.250. The summed E-state index contributed by atoms with van der Waals surface area (Å²) in [4.78, 5) is 0. The molecule has 0 radical (unpaired) electrons. The number of hydrogen-bond acceptors (Lipinski definition) is 2. The van der Waals surface area contributed by atoms with Gasteiger partial charge in [-0.25, -0.2) is 0 Å². The molecule has 11 heavy (non-hydrogen) atoms. The maximum Gasteiger partial charge on any atom is 0.118 e. The number of rotatable bonds is 2. The van der Waals surface area contributed by atoms with Crippen LogP contribution in [-0.2, 0) is 6.42 Å². The molecule has 0 fully saturated rings. The number of phenolic OH excluding ortho intramolecular Hbond substituents is 1. The van der Waals surface area contributed by atoms with Crippen LogP contribution in [0.4, 0.5) is 0 Å². The van der Waals surface area contributed by atoms with Gasteiger partial charge in [0, 0.05) is 4.47 Å². The number of phenols is 1. The van der Waals surface area contributed by atoms with Gasteiger partial charge in [-0.15, -0.1) is 0 Å². The Morgan fingerprint density at radius 1 is 1.45 bits per heavy atom. The first-order valence-corrected chi connectivity index (χ1v) is 4.21. The van der Waals surface area contributed by atoms with Gasteiger partial charge in [0.2, 0.25) is 0 Å². The average Bonchev–Trinajstić information content (AvgIpc) is 1.98. The topological polar surface area (TPSA) is 46.2 Å². The molecule has 0 saturated heterocycles. The van der Waals surface area contributed by atoms with Gasteiger partial charge in [0.1, 0.15) is 5.75 Å². The highest BCUT2D eigenvalue weighted by Gasteiger charge is 1.99. The number of benzene rings is 1. The van der Waals surface area contributed by atoms with Crippen LogP contribution in [0.2, 0.25) is 0 Å². The van der Waals surface area contributed by atoms with E-state index in [-0.39, 0.29) is 0 Å². The molecule has 0 bridgehead atoms. The molecular weight excluding hydrogens is 206 g/mol. The fourth-order valence-electron chi connectivity index (χ4n) is 0.910. The molecule has 1 aromatic rings. The van der Waals surface area contributed by atoms with E-state index in [1.807, 2.05) is 6.07 Å². The predicted molar refractivity (Wildman–Crippen MR) is 48.6 cm³/mol. The molecule has 0 aliphatic heterocycles. The number of halogens is 1. The third kappa shape index (κ3) is 2.20. The van der Waals surface area contributed by atoms with E-state index >= 15 is 0 Å². The maximum absolute atomic E-state index is 9.29. The molecule has 0 saturated carbocycles. The smallest absolute Gasteiger partial charge is 0.118 e. The summed E-state index contributed by atoms with van der Waals surface area (Å²) in [7, 11) is 0. The van der Waals surface area contributed by atoms with Crippen LogP contribution in [0.1, 0.15) is 5.56 Å². The van der Waals surface area contributed by atoms with Crippen LogP contribution in [0.25, 0.3) is 0 Å². The van der Waals surface area contributed by atoms with Crippen molar-refractivity contribution in [2.75, 3.05) is 6.54 Å². The maximum atomic E-state index is 9.29. The van der Waals surface area contributed by atoms with Crippen LogP contribution >= 0.6 is 15.9 Å². The molecule has 0 atom stereocenters. The monoisotopic (exact) mass is 215 g/mol. The van der Waals surface area contributed by atoms with Gasteiger partial charge in [0.15, 0.2) is 0 Å². The van der Waals surface area contributed by atoms with E-state index in [1.165, 1.54) is 0 Å². The molecule has 1 aromatic carbocycles. The van der Waals surface area contributed by atoms with E-state index in [2.05, 4.69) is 15.9 Å². The minimum Gasteiger partial charge on any atom is -0.508 e. The molecule has 0 aliphatic carbocycles. The van der Waals surface area contributed by atoms with Gasteiger partial charge in [-0.1, -0.05) is 15.9 Å². The van der Waals surface area contributed by atoms with Crippen LogP contribution in [0.5, 0.6) is 5.75 Å². The van der Waals surface area contributed by atoms with Crippen molar-refractivity contribution in [2.45, 2.75) is 6.42 Å². The normalized spacial score (nSPS) is 10.0. The summed E-state index contributed by atoms with van der Waals surface area (Å²) in [5.74, 6) is 0.318. The van der Waals surface area contributed by atoms with Gasteiger partial charge in [0.25, 0.3) is 0 Å². The van der Waals surface area contributed by atoms with Gasteiger partial charge < -0.3 is 10.8 Å². The lowest BCUT2D eigenvalue weighted by molar-refractivity contribution is 0.468. The van der Waals surface area contributed by atoms with Crippen molar-refractivity contribution in [3.8, 4) is 5.75 Å². The van der Waals surface area contributed by atoms with Gasteiger partial charge in [-0.05, 0) is 36.7 Å². The highest BCUT2D eigenvalue weighted by atomic mass is 79.9. The zero-order valence-electron chi connectivity index (χ0n) is 6.05. The molecule has 1 rings (SSSR count). The Kier molecular flexibility index (Phi) is 2.91. The highest BCUT2D eigenvalue weighted by Crippen LogP contribution is 2.21. The lowest BCUT2D eigenvalue weighted by atomic mass is 10.1. The zero-order chi connectivity index (χ0) is 8.27. The second-order valence-corrected chi connectivity index (χ2v) is 3.23. The van der Waals surface area contributed by atoms with Gasteiger partial charge in [0.05, 0.1) is 0 Å². The summed E-state index contributed by atoms with van der Waals surface area (Å²) in [6.07, 6.45) is 0.714. The van der Waals surface area contributed by atoms with Crippen molar-refractivity contribution in [1.82, 2.24) is 0 Å². The first-order valence-electron chi connectivity index (χ1n) is 3.41. The van der Waals surface area contributed by atoms with Crippen LogP contribution in [0.3, 0.4) is 0 Å². The average molecular weight is 216 g/mol. The zero-order valence-corrected chi connectivity index (χ0v) is 7.63. The lowest BCUT2D eigenvalue weighted by Crippen LogP contribution is -2.02. The molecule has 3 heteroatoms. The van der Waals surface area contributed by atoms with Crippen molar-refractivity contribution in [2.24, 2.45) is 5.73 Å². The van der Waals surface area contributed by atoms with E-state index in [1.54, 1.807) is 12.1 Å². The molecule has 3 N–H and O–H groups in total. The third-order valence-electron chi connectivity index (χ3n) is 1.46. The Bertz CT molecular complexity index is 250. The third-order valence-corrected chi connectivity index (χ3v) is 1.95. The molecule has 60 valence electrons. The first-order chi connectivity index (χ1) is 5.24. The second kappa shape index (κ2) is 3.74. The Balaban J connectivity index is 2.93. The first kappa shape index (κ1) is 8.56. The van der Waals surface area contributed by atoms with E-state index in [0.717, 1.165) is 10.0 Å². The minimum absolute atomic E-state index is 0.318. The fourth-order valence-corrected chi connectivity index (χ4v) is 1.32. The van der Waals surface area contributed by atoms with E-state index < -0.39 is 0 Å². The molecule has 0 aliphatic rings. The highest BCUT2D eigenvalue weighted by molar-refractivity contribution is 9.10. The van der Waals surface area contributed by atoms with Crippen molar-refractivity contribution in [1.29, 1.82) is 0 Å². The summed E-state index contributed by atoms with van der Waals surface area (Å²) in [5.41, 5.74) is 6.24. The van der Waals surface area contributed by atoms with Crippen molar-refractivity contribution < 1.29 is 5.11 Å². The number of aromatic hydroxyl groups is 1. The van der Waals surface area contributed by atoms with Gasteiger partial charge in [-0.3, -0.25) is 0 Å². The Labute approximate surface area is 74.2 Å². The summed E-state index contributed by atoms with van der Waals surface area (Å²) < 4.78 is 0.971. The second-order valence-electron chi connectivity index (χ2n) is 2.31. The van der Waals surface area contributed by atoms with E-state index in [4.69, 9.17) is 5.73 Å². The standard InChI is InChI=1S/C8H10BrNO/c9-7-1-2-8(11)6(5-7)3-4-10/h1-2,5,11H,3-4,10H2. The summed E-state index contributed by atoms with van der Waals surface area (Å²) in [6, 6.07) is 5.34. The molecule has 0 unspecified atom stereocenters. The Morgan fingerprint density at radius 3 is 2.82 bits per heavy atom. The summed E-state index contributed by atoms with van der Waals surface area (Å²) in [5, 5.41) is 9.29. The van der Waals surface area contributed by atoms with Crippen LogP contribution < -0.4 is 5.73 Å². The van der Waals surface area contributed by atoms with Crippen molar-refractivity contribution in [3.63, 3.8) is 0 Å². The predicted octanol–water partition coefficient (Wildman–Crippen LogP) is 1.66. The summed E-state index contributed by atoms with van der Waals surface area (Å²) >= 11 is 3.31. The Hall–Kier alpha value is -0.540. The Morgan fingerprint density at radius 2 is 2.18 bits per heavy atom. The van der Waals surface area contributed by atoms with Crippen molar-refractivity contribution >= 4 is 15.9 Å². The molecule has 0 heterocycles. The van der Waals surface area contributed by atoms with Crippen LogP contribution in [-0.4, -0.2) is 11.7 Å². The van der Waals surface area contributed by atoms with Crippen LogP contribution in [0, 0.1) is 0 Å². The van der Waals surface area contributed by atoms with E-state index in [0.29, 0.717) is 18.7 Å². The van der Waals surface area contributed by atoms with Gasteiger partial charge in [-0.2, -0.15) is 0 Å². The minimum atomic E-state index is 0.318. The molecule has 2 nitrogen and oxygen atoms in total. The summed E-state index contributed by atoms with van der Waals surface area (Å²) in [6.45, 7) is 0.560. The molecule has 0 spiro atoms. The van der Waals surface area contributed by atoms with Crippen molar-refractivity contribution in [3.05, 3.63) is 28.2 Å². The van der Waals surface area contributed by atoms with Crippen LogP contribution in [0.15, 0.2) is 22.7 Å². The molecule has 0 amide bonds. The van der Waals surface area contributed by atoms with E-state index in [9.17, 15) is 5.11 Å². The SMILES string of the molecule is NCCc1cc(Br)ccc1O. The lowest BCUT2D eigenvalue weighted by Gasteiger charge is -2.02. The quantitative estimate of drug-likeness (QED) is 0.789. The number of hydrogen-bond donors (Lipinski definition) is 2. The number of nitrogens with two attached hydrogens (primary N) is 1.